The van der Waals surface area contributed by atoms with Crippen LogP contribution in [0, 0.1) is 13.8 Å². The standard InChI is InChI=1S/C23H24N6O4/c1-14-5-6-15(2)17(9-14)33-19-8-7-16(11-25-19)10-24-18(30)12-29-22(31)20-21(26-13-27(20)3)28(4)23(29)32/h5-9,11,13H,10,12H2,1-4H3,(H,24,30). The van der Waals surface area contributed by atoms with Crippen LogP contribution in [0.3, 0.4) is 0 Å². The van der Waals surface area contributed by atoms with Gasteiger partial charge in [0.15, 0.2) is 11.2 Å². The number of hydrogen-bond acceptors (Lipinski definition) is 6. The number of carbonyl (C=O) groups is 1. The smallest absolute Gasteiger partial charge is 0.332 e. The predicted octanol–water partition coefficient (Wildman–Crippen LogP) is 1.55. The lowest BCUT2D eigenvalue weighted by atomic mass is 10.1. The molecule has 0 aliphatic rings. The zero-order valence-electron chi connectivity index (χ0n) is 18.8. The van der Waals surface area contributed by atoms with Gasteiger partial charge in [0.25, 0.3) is 5.56 Å². The van der Waals surface area contributed by atoms with Crippen LogP contribution in [0.1, 0.15) is 16.7 Å². The molecule has 170 valence electrons. The molecular formula is C23H24N6O4. The number of aromatic nitrogens is 5. The summed E-state index contributed by atoms with van der Waals surface area (Å²) in [5, 5.41) is 2.71. The van der Waals surface area contributed by atoms with Crippen LogP contribution in [-0.4, -0.2) is 29.6 Å². The van der Waals surface area contributed by atoms with Crippen molar-refractivity contribution < 1.29 is 9.53 Å². The quantitative estimate of drug-likeness (QED) is 0.479. The second kappa shape index (κ2) is 8.73. The zero-order valence-corrected chi connectivity index (χ0v) is 18.8. The second-order valence-electron chi connectivity index (χ2n) is 7.91. The van der Waals surface area contributed by atoms with E-state index in [9.17, 15) is 14.4 Å². The van der Waals surface area contributed by atoms with E-state index in [2.05, 4.69) is 15.3 Å². The summed E-state index contributed by atoms with van der Waals surface area (Å²) in [5.41, 5.74) is 2.22. The topological polar surface area (TPSA) is 113 Å². The first-order valence-corrected chi connectivity index (χ1v) is 10.3. The maximum Gasteiger partial charge on any atom is 0.332 e. The molecule has 0 aliphatic heterocycles. The third-order valence-corrected chi connectivity index (χ3v) is 5.35. The summed E-state index contributed by atoms with van der Waals surface area (Å²) < 4.78 is 9.53. The largest absolute Gasteiger partial charge is 0.439 e. The van der Waals surface area contributed by atoms with Gasteiger partial charge in [0.1, 0.15) is 12.3 Å². The molecule has 3 aromatic heterocycles. The minimum Gasteiger partial charge on any atom is -0.439 e. The molecular weight excluding hydrogens is 424 g/mol. The Kier molecular flexibility index (Phi) is 5.82. The average molecular weight is 448 g/mol. The van der Waals surface area contributed by atoms with Crippen molar-refractivity contribution in [1.82, 2.24) is 29.0 Å². The Labute approximate surface area is 189 Å². The first kappa shape index (κ1) is 22.0. The van der Waals surface area contributed by atoms with Crippen LogP contribution in [0.5, 0.6) is 11.6 Å². The third-order valence-electron chi connectivity index (χ3n) is 5.35. The average Bonchev–Trinajstić information content (AvgIpc) is 3.19. The van der Waals surface area contributed by atoms with Crippen LogP contribution in [0.15, 0.2) is 52.4 Å². The molecule has 0 saturated heterocycles. The van der Waals surface area contributed by atoms with Crippen LogP contribution in [-0.2, 0) is 32.0 Å². The van der Waals surface area contributed by atoms with Crippen LogP contribution in [0.4, 0.5) is 0 Å². The van der Waals surface area contributed by atoms with Gasteiger partial charge in [0, 0.05) is 32.9 Å². The number of carbonyl (C=O) groups excluding carboxylic acids is 1. The predicted molar refractivity (Wildman–Crippen MR) is 122 cm³/mol. The van der Waals surface area contributed by atoms with Gasteiger partial charge >= 0.3 is 5.69 Å². The number of amides is 1. The normalized spacial score (nSPS) is 11.0. The van der Waals surface area contributed by atoms with Crippen LogP contribution >= 0.6 is 0 Å². The van der Waals surface area contributed by atoms with E-state index in [4.69, 9.17) is 4.74 Å². The summed E-state index contributed by atoms with van der Waals surface area (Å²) in [6, 6.07) is 9.46. The van der Waals surface area contributed by atoms with Gasteiger partial charge in [-0.2, -0.15) is 0 Å². The van der Waals surface area contributed by atoms with Gasteiger partial charge in [-0.3, -0.25) is 14.2 Å². The molecule has 0 fully saturated rings. The van der Waals surface area contributed by atoms with Crippen LogP contribution in [0.2, 0.25) is 0 Å². The number of imidazole rings is 1. The number of fused-ring (bicyclic) bond motifs is 1. The molecule has 3 heterocycles. The number of pyridine rings is 1. The molecule has 0 bridgehead atoms. The Morgan fingerprint density at radius 2 is 1.88 bits per heavy atom. The summed E-state index contributed by atoms with van der Waals surface area (Å²) in [6.07, 6.45) is 3.06. The molecule has 0 aliphatic carbocycles. The van der Waals surface area contributed by atoms with Gasteiger partial charge in [0.05, 0.1) is 6.33 Å². The second-order valence-corrected chi connectivity index (χ2v) is 7.91. The SMILES string of the molecule is Cc1ccc(C)c(Oc2ccc(CNC(=O)Cn3c(=O)c4c(ncn4C)n(C)c3=O)cn2)c1. The lowest BCUT2D eigenvalue weighted by molar-refractivity contribution is -0.121. The molecule has 0 saturated carbocycles. The van der Waals surface area contributed by atoms with Crippen molar-refractivity contribution in [2.75, 3.05) is 0 Å². The Morgan fingerprint density at radius 3 is 2.61 bits per heavy atom. The van der Waals surface area contributed by atoms with E-state index in [0.29, 0.717) is 5.88 Å². The minimum absolute atomic E-state index is 0.193. The van der Waals surface area contributed by atoms with Gasteiger partial charge in [-0.1, -0.05) is 18.2 Å². The molecule has 10 nitrogen and oxygen atoms in total. The Hall–Kier alpha value is -4.21. The number of ether oxygens (including phenoxy) is 1. The first-order chi connectivity index (χ1) is 15.7. The van der Waals surface area contributed by atoms with Gasteiger partial charge in [-0.05, 0) is 36.6 Å². The van der Waals surface area contributed by atoms with Gasteiger partial charge in [-0.25, -0.2) is 19.3 Å². The van der Waals surface area contributed by atoms with E-state index in [1.54, 1.807) is 25.4 Å². The Morgan fingerprint density at radius 1 is 1.09 bits per heavy atom. The lowest BCUT2D eigenvalue weighted by Crippen LogP contribution is -2.43. The molecule has 10 heteroatoms. The summed E-state index contributed by atoms with van der Waals surface area (Å²) in [7, 11) is 3.17. The highest BCUT2D eigenvalue weighted by Crippen LogP contribution is 2.24. The zero-order chi connectivity index (χ0) is 23.7. The summed E-state index contributed by atoms with van der Waals surface area (Å²) in [4.78, 5) is 46.1. The fourth-order valence-electron chi connectivity index (χ4n) is 3.44. The van der Waals surface area contributed by atoms with Crippen LogP contribution < -0.4 is 21.3 Å². The minimum atomic E-state index is -0.601. The monoisotopic (exact) mass is 448 g/mol. The van der Waals surface area contributed by atoms with Gasteiger partial charge in [0.2, 0.25) is 11.8 Å². The van der Waals surface area contributed by atoms with Crippen molar-refractivity contribution in [3.63, 3.8) is 0 Å². The maximum atomic E-state index is 12.7. The highest BCUT2D eigenvalue weighted by molar-refractivity contribution is 5.76. The van der Waals surface area contributed by atoms with E-state index in [1.807, 2.05) is 32.0 Å². The Balaban J connectivity index is 1.42. The van der Waals surface area contributed by atoms with E-state index in [1.165, 1.54) is 22.5 Å². The summed E-state index contributed by atoms with van der Waals surface area (Å²) >= 11 is 0. The lowest BCUT2D eigenvalue weighted by Gasteiger charge is -2.10. The highest BCUT2D eigenvalue weighted by Gasteiger charge is 2.17. The van der Waals surface area contributed by atoms with Crippen molar-refractivity contribution in [2.24, 2.45) is 14.1 Å². The third kappa shape index (κ3) is 4.40. The molecule has 1 N–H and O–H groups in total. The fourth-order valence-corrected chi connectivity index (χ4v) is 3.44. The first-order valence-electron chi connectivity index (χ1n) is 10.3. The summed E-state index contributed by atoms with van der Waals surface area (Å²) in [5.74, 6) is 0.714. The molecule has 0 atom stereocenters. The van der Waals surface area contributed by atoms with Crippen molar-refractivity contribution in [1.29, 1.82) is 0 Å². The molecule has 33 heavy (non-hydrogen) atoms. The highest BCUT2D eigenvalue weighted by atomic mass is 16.5. The molecule has 0 radical (unpaired) electrons. The van der Waals surface area contributed by atoms with Crippen molar-refractivity contribution in [3.8, 4) is 11.6 Å². The van der Waals surface area contributed by atoms with E-state index in [0.717, 1.165) is 27.0 Å². The number of aryl methyl sites for hydroxylation is 4. The number of nitrogens with one attached hydrogen (secondary N) is 1. The van der Waals surface area contributed by atoms with Crippen LogP contribution in [0.25, 0.3) is 11.2 Å². The van der Waals surface area contributed by atoms with Gasteiger partial charge in [-0.15, -0.1) is 0 Å². The number of nitrogens with zero attached hydrogens (tertiary/aromatic N) is 5. The molecule has 0 spiro atoms. The van der Waals surface area contributed by atoms with E-state index in [-0.39, 0.29) is 17.7 Å². The van der Waals surface area contributed by atoms with E-state index < -0.39 is 23.7 Å². The van der Waals surface area contributed by atoms with Crippen molar-refractivity contribution in [2.45, 2.75) is 26.9 Å². The fraction of sp³-hybridized carbons (Fsp3) is 0.261. The number of hydrogen-bond donors (Lipinski definition) is 1. The molecule has 4 aromatic rings. The van der Waals surface area contributed by atoms with E-state index >= 15 is 0 Å². The van der Waals surface area contributed by atoms with Crippen molar-refractivity contribution in [3.05, 3.63) is 80.4 Å². The van der Waals surface area contributed by atoms with Gasteiger partial charge < -0.3 is 14.6 Å². The Bertz CT molecular complexity index is 1460. The van der Waals surface area contributed by atoms with Crippen molar-refractivity contribution >= 4 is 17.1 Å². The molecule has 4 rings (SSSR count). The number of rotatable bonds is 6. The number of benzene rings is 1. The molecule has 1 aromatic carbocycles. The summed E-state index contributed by atoms with van der Waals surface area (Å²) in [6.45, 7) is 3.75. The molecule has 1 amide bonds. The molecule has 0 unspecified atom stereocenters. The maximum absolute atomic E-state index is 12.7.